The molecule has 1 unspecified atom stereocenters. The van der Waals surface area contributed by atoms with Crippen LogP contribution in [0.3, 0.4) is 0 Å². The van der Waals surface area contributed by atoms with Crippen LogP contribution in [-0.4, -0.2) is 6.54 Å². The third kappa shape index (κ3) is 2.30. The largest absolute Gasteiger partial charge is 0.310 e. The zero-order valence-corrected chi connectivity index (χ0v) is 11.8. The number of nitrogens with zero attached hydrogens (tertiary/aromatic N) is 1. The van der Waals surface area contributed by atoms with E-state index in [9.17, 15) is 0 Å². The van der Waals surface area contributed by atoms with Gasteiger partial charge in [0.05, 0.1) is 0 Å². The molecule has 0 bridgehead atoms. The second-order valence-corrected chi connectivity index (χ2v) is 5.92. The first kappa shape index (κ1) is 12.4. The maximum Gasteiger partial charge on any atom is 0.110 e. The molecule has 0 aliphatic heterocycles. The van der Waals surface area contributed by atoms with Gasteiger partial charge in [-0.15, -0.1) is 11.3 Å². The Bertz CT molecular complexity index is 636. The van der Waals surface area contributed by atoms with E-state index in [1.54, 1.807) is 11.3 Å². The van der Waals surface area contributed by atoms with Crippen LogP contribution in [0.5, 0.6) is 0 Å². The first-order valence-corrected chi connectivity index (χ1v) is 7.50. The minimum atomic E-state index is 0.520. The number of fused-ring (bicyclic) bond motifs is 1. The lowest BCUT2D eigenvalue weighted by molar-refractivity contribution is 0.549. The Kier molecular flexibility index (Phi) is 3.37. The smallest absolute Gasteiger partial charge is 0.110 e. The van der Waals surface area contributed by atoms with Crippen molar-refractivity contribution in [2.45, 2.75) is 25.8 Å². The Labute approximate surface area is 117 Å². The molecule has 2 nitrogen and oxygen atoms in total. The molecular formula is C16H16N2S. The highest BCUT2D eigenvalue weighted by atomic mass is 32.1. The van der Waals surface area contributed by atoms with Crippen molar-refractivity contribution in [1.82, 2.24) is 5.32 Å². The SMILES string of the molecule is CCNC1CCc2cc(-c3ccc(C#N)s3)ccc21. The molecule has 1 aliphatic rings. The summed E-state index contributed by atoms with van der Waals surface area (Å²) in [5, 5.41) is 12.4. The van der Waals surface area contributed by atoms with Gasteiger partial charge in [-0.05, 0) is 48.2 Å². The Morgan fingerprint density at radius 2 is 2.26 bits per heavy atom. The summed E-state index contributed by atoms with van der Waals surface area (Å²) in [6.45, 7) is 3.17. The van der Waals surface area contributed by atoms with Crippen LogP contribution in [0.4, 0.5) is 0 Å². The lowest BCUT2D eigenvalue weighted by atomic mass is 10.0. The summed E-state index contributed by atoms with van der Waals surface area (Å²) in [6.07, 6.45) is 2.35. The second kappa shape index (κ2) is 5.16. The first-order valence-electron chi connectivity index (χ1n) is 6.68. The molecule has 1 heterocycles. The maximum atomic E-state index is 8.90. The summed E-state index contributed by atoms with van der Waals surface area (Å²) in [5.74, 6) is 0. The molecule has 1 aromatic carbocycles. The van der Waals surface area contributed by atoms with E-state index in [0.717, 1.165) is 17.8 Å². The van der Waals surface area contributed by atoms with Crippen LogP contribution in [0.25, 0.3) is 10.4 Å². The molecule has 1 atom stereocenters. The molecule has 1 N–H and O–H groups in total. The molecular weight excluding hydrogens is 252 g/mol. The third-order valence-electron chi connectivity index (χ3n) is 3.67. The molecule has 3 heteroatoms. The van der Waals surface area contributed by atoms with Crippen molar-refractivity contribution >= 4 is 11.3 Å². The van der Waals surface area contributed by atoms with Gasteiger partial charge in [0.2, 0.25) is 0 Å². The summed E-state index contributed by atoms with van der Waals surface area (Å²) < 4.78 is 0. The van der Waals surface area contributed by atoms with Crippen LogP contribution in [0.1, 0.15) is 35.4 Å². The molecule has 2 aromatic rings. The van der Waals surface area contributed by atoms with E-state index in [0.29, 0.717) is 6.04 Å². The fourth-order valence-electron chi connectivity index (χ4n) is 2.78. The molecule has 0 spiro atoms. The van der Waals surface area contributed by atoms with Crippen molar-refractivity contribution < 1.29 is 0 Å². The van der Waals surface area contributed by atoms with E-state index in [4.69, 9.17) is 5.26 Å². The molecule has 1 aliphatic carbocycles. The van der Waals surface area contributed by atoms with Gasteiger partial charge in [-0.3, -0.25) is 0 Å². The zero-order chi connectivity index (χ0) is 13.2. The van der Waals surface area contributed by atoms with Crippen LogP contribution in [-0.2, 0) is 6.42 Å². The van der Waals surface area contributed by atoms with E-state index in [2.05, 4.69) is 36.5 Å². The van der Waals surface area contributed by atoms with Gasteiger partial charge in [0.1, 0.15) is 10.9 Å². The number of rotatable bonds is 3. The predicted octanol–water partition coefficient (Wildman–Crippen LogP) is 3.88. The van der Waals surface area contributed by atoms with E-state index in [1.807, 2.05) is 12.1 Å². The summed E-state index contributed by atoms with van der Waals surface area (Å²) >= 11 is 1.57. The van der Waals surface area contributed by atoms with Crippen molar-refractivity contribution in [3.63, 3.8) is 0 Å². The summed E-state index contributed by atoms with van der Waals surface area (Å²) in [5.41, 5.74) is 4.14. The number of hydrogen-bond acceptors (Lipinski definition) is 3. The summed E-state index contributed by atoms with van der Waals surface area (Å²) in [6, 6.07) is 13.4. The normalized spacial score (nSPS) is 17.2. The average molecular weight is 268 g/mol. The highest BCUT2D eigenvalue weighted by Crippen LogP contribution is 2.35. The van der Waals surface area contributed by atoms with Crippen LogP contribution in [0.15, 0.2) is 30.3 Å². The molecule has 3 rings (SSSR count). The van der Waals surface area contributed by atoms with Crippen LogP contribution >= 0.6 is 11.3 Å². The van der Waals surface area contributed by atoms with Crippen molar-refractivity contribution in [3.05, 3.63) is 46.3 Å². The van der Waals surface area contributed by atoms with E-state index >= 15 is 0 Å². The van der Waals surface area contributed by atoms with Crippen molar-refractivity contribution in [2.75, 3.05) is 6.54 Å². The maximum absolute atomic E-state index is 8.90. The molecule has 1 aromatic heterocycles. The van der Waals surface area contributed by atoms with Crippen LogP contribution < -0.4 is 5.32 Å². The Morgan fingerprint density at radius 1 is 1.37 bits per heavy atom. The summed E-state index contributed by atoms with van der Waals surface area (Å²) in [7, 11) is 0. The minimum Gasteiger partial charge on any atom is -0.310 e. The third-order valence-corrected chi connectivity index (χ3v) is 4.71. The van der Waals surface area contributed by atoms with Crippen molar-refractivity contribution in [2.24, 2.45) is 0 Å². The molecule has 0 saturated carbocycles. The van der Waals surface area contributed by atoms with Gasteiger partial charge in [-0.2, -0.15) is 5.26 Å². The fraction of sp³-hybridized carbons (Fsp3) is 0.312. The van der Waals surface area contributed by atoms with Crippen LogP contribution in [0, 0.1) is 11.3 Å². The predicted molar refractivity (Wildman–Crippen MR) is 79.2 cm³/mol. The molecule has 0 amide bonds. The van der Waals surface area contributed by atoms with E-state index in [-0.39, 0.29) is 0 Å². The number of nitriles is 1. The lowest BCUT2D eigenvalue weighted by Crippen LogP contribution is -2.18. The van der Waals surface area contributed by atoms with Gasteiger partial charge in [-0.1, -0.05) is 25.1 Å². The van der Waals surface area contributed by atoms with Gasteiger partial charge in [0.25, 0.3) is 0 Å². The topological polar surface area (TPSA) is 35.8 Å². The van der Waals surface area contributed by atoms with Gasteiger partial charge in [0, 0.05) is 10.9 Å². The van der Waals surface area contributed by atoms with E-state index < -0.39 is 0 Å². The Morgan fingerprint density at radius 3 is 3.00 bits per heavy atom. The quantitative estimate of drug-likeness (QED) is 0.917. The number of aryl methyl sites for hydroxylation is 1. The fourth-order valence-corrected chi connectivity index (χ4v) is 3.58. The van der Waals surface area contributed by atoms with E-state index in [1.165, 1.54) is 28.0 Å². The Balaban J connectivity index is 1.93. The monoisotopic (exact) mass is 268 g/mol. The molecule has 0 fully saturated rings. The number of thiophene rings is 1. The standard InChI is InChI=1S/C16H16N2S/c1-2-18-15-7-4-11-9-12(3-6-14(11)15)16-8-5-13(10-17)19-16/h3,5-6,8-9,15,18H,2,4,7H2,1H3. The zero-order valence-electron chi connectivity index (χ0n) is 10.9. The summed E-state index contributed by atoms with van der Waals surface area (Å²) in [4.78, 5) is 1.97. The van der Waals surface area contributed by atoms with Crippen LogP contribution in [0.2, 0.25) is 0 Å². The van der Waals surface area contributed by atoms with Crippen molar-refractivity contribution in [3.8, 4) is 16.5 Å². The Hall–Kier alpha value is -1.63. The van der Waals surface area contributed by atoms with Gasteiger partial charge in [-0.25, -0.2) is 0 Å². The highest BCUT2D eigenvalue weighted by Gasteiger charge is 2.21. The first-order chi connectivity index (χ1) is 9.31. The highest BCUT2D eigenvalue weighted by molar-refractivity contribution is 7.16. The van der Waals surface area contributed by atoms with Gasteiger partial charge in [0.15, 0.2) is 0 Å². The minimum absolute atomic E-state index is 0.520. The number of hydrogen-bond donors (Lipinski definition) is 1. The molecule has 96 valence electrons. The van der Waals surface area contributed by atoms with Gasteiger partial charge >= 0.3 is 0 Å². The second-order valence-electron chi connectivity index (χ2n) is 4.84. The molecule has 0 radical (unpaired) electrons. The van der Waals surface area contributed by atoms with Crippen molar-refractivity contribution in [1.29, 1.82) is 5.26 Å². The molecule has 0 saturated heterocycles. The van der Waals surface area contributed by atoms with Gasteiger partial charge < -0.3 is 5.32 Å². The lowest BCUT2D eigenvalue weighted by Gasteiger charge is -2.12. The average Bonchev–Trinajstić information content (AvgIpc) is 3.05. The number of benzene rings is 1. The number of nitrogens with one attached hydrogen (secondary N) is 1. The molecule has 19 heavy (non-hydrogen) atoms.